The topological polar surface area (TPSA) is 86.7 Å². The van der Waals surface area contributed by atoms with Crippen molar-refractivity contribution < 1.29 is 19.5 Å². The molecule has 0 saturated heterocycles. The molecule has 130 valence electrons. The number of rotatable bonds is 4. The van der Waals surface area contributed by atoms with Gasteiger partial charge in [-0.1, -0.05) is 30.3 Å². The number of amides is 2. The summed E-state index contributed by atoms with van der Waals surface area (Å²) in [4.78, 5) is 38.5. The summed E-state index contributed by atoms with van der Waals surface area (Å²) in [5.41, 5.74) is 1.57. The van der Waals surface area contributed by atoms with E-state index in [0.717, 1.165) is 5.56 Å². The average Bonchev–Trinajstić information content (AvgIpc) is 3.14. The lowest BCUT2D eigenvalue weighted by molar-refractivity contribution is -0.151. The lowest BCUT2D eigenvalue weighted by Crippen LogP contribution is -2.51. The number of nitrogens with one attached hydrogen (secondary N) is 1. The summed E-state index contributed by atoms with van der Waals surface area (Å²) in [6.07, 6.45) is 0.595. The normalized spacial score (nSPS) is 17.5. The van der Waals surface area contributed by atoms with Crippen LogP contribution in [0, 0.1) is 0 Å². The van der Waals surface area contributed by atoms with Gasteiger partial charge in [-0.05, 0) is 35.9 Å². The van der Waals surface area contributed by atoms with Gasteiger partial charge in [0.2, 0.25) is 5.91 Å². The van der Waals surface area contributed by atoms with Crippen LogP contribution in [-0.4, -0.2) is 40.4 Å². The Hall–Kier alpha value is -2.67. The van der Waals surface area contributed by atoms with E-state index in [-0.39, 0.29) is 5.91 Å². The van der Waals surface area contributed by atoms with Crippen molar-refractivity contribution >= 4 is 29.1 Å². The van der Waals surface area contributed by atoms with E-state index in [0.29, 0.717) is 23.4 Å². The van der Waals surface area contributed by atoms with E-state index in [9.17, 15) is 19.5 Å². The molecule has 2 N–H and O–H groups in total. The molecule has 7 heteroatoms. The molecule has 1 aliphatic rings. The molecule has 2 heterocycles. The SMILES string of the molecule is CC(NC(=O)c1cccs1)C(=O)N1CCc2ccccc2C1C(=O)O. The smallest absolute Gasteiger partial charge is 0.331 e. The average molecular weight is 358 g/mol. The van der Waals surface area contributed by atoms with Crippen LogP contribution in [0.5, 0.6) is 0 Å². The second kappa shape index (κ2) is 7.06. The molecule has 0 saturated carbocycles. The van der Waals surface area contributed by atoms with Gasteiger partial charge in [0.15, 0.2) is 6.04 Å². The molecule has 0 spiro atoms. The number of nitrogens with zero attached hydrogens (tertiary/aromatic N) is 1. The molecule has 0 fully saturated rings. The fourth-order valence-corrected chi connectivity index (χ4v) is 3.68. The second-order valence-corrected chi connectivity index (χ2v) is 6.84. The van der Waals surface area contributed by atoms with Gasteiger partial charge in [-0.25, -0.2) is 4.79 Å². The van der Waals surface area contributed by atoms with E-state index < -0.39 is 24.0 Å². The second-order valence-electron chi connectivity index (χ2n) is 5.89. The molecule has 0 aliphatic carbocycles. The highest BCUT2D eigenvalue weighted by atomic mass is 32.1. The van der Waals surface area contributed by atoms with Crippen molar-refractivity contribution in [1.82, 2.24) is 10.2 Å². The molecule has 2 aromatic rings. The van der Waals surface area contributed by atoms with Crippen molar-refractivity contribution in [2.24, 2.45) is 0 Å². The third-order valence-corrected chi connectivity index (χ3v) is 5.13. The summed E-state index contributed by atoms with van der Waals surface area (Å²) in [7, 11) is 0. The zero-order chi connectivity index (χ0) is 18.0. The van der Waals surface area contributed by atoms with Gasteiger partial charge in [0.25, 0.3) is 5.91 Å². The van der Waals surface area contributed by atoms with E-state index in [1.165, 1.54) is 16.2 Å². The standard InChI is InChI=1S/C18H18N2O4S/c1-11(19-16(21)14-7-4-10-25-14)17(22)20-9-8-12-5-2-3-6-13(12)15(20)18(23)24/h2-7,10-11,15H,8-9H2,1H3,(H,19,21)(H,23,24). The van der Waals surface area contributed by atoms with E-state index >= 15 is 0 Å². The molecule has 1 aliphatic heterocycles. The first-order valence-electron chi connectivity index (χ1n) is 7.94. The molecular weight excluding hydrogens is 340 g/mol. The van der Waals surface area contributed by atoms with Crippen molar-refractivity contribution in [3.63, 3.8) is 0 Å². The zero-order valence-corrected chi connectivity index (χ0v) is 14.5. The number of carbonyl (C=O) groups is 3. The summed E-state index contributed by atoms with van der Waals surface area (Å²) in [5.74, 6) is -1.80. The Morgan fingerprint density at radius 3 is 2.68 bits per heavy atom. The summed E-state index contributed by atoms with van der Waals surface area (Å²) < 4.78 is 0. The fraction of sp³-hybridized carbons (Fsp3) is 0.278. The highest BCUT2D eigenvalue weighted by Gasteiger charge is 2.37. The Morgan fingerprint density at radius 1 is 1.24 bits per heavy atom. The van der Waals surface area contributed by atoms with Crippen LogP contribution in [0.2, 0.25) is 0 Å². The van der Waals surface area contributed by atoms with Gasteiger partial charge in [0.1, 0.15) is 6.04 Å². The molecule has 0 radical (unpaired) electrons. The molecule has 2 amide bonds. The van der Waals surface area contributed by atoms with Crippen LogP contribution in [0.4, 0.5) is 0 Å². The van der Waals surface area contributed by atoms with Gasteiger partial charge in [-0.3, -0.25) is 9.59 Å². The van der Waals surface area contributed by atoms with Crippen molar-refractivity contribution in [1.29, 1.82) is 0 Å². The minimum Gasteiger partial charge on any atom is -0.479 e. The number of aliphatic carboxylic acids is 1. The minimum absolute atomic E-state index is 0.312. The summed E-state index contributed by atoms with van der Waals surface area (Å²) in [5, 5.41) is 14.1. The molecular formula is C18H18N2O4S. The third kappa shape index (κ3) is 3.41. The molecule has 3 rings (SSSR count). The van der Waals surface area contributed by atoms with Crippen LogP contribution in [0.1, 0.15) is 33.8 Å². The number of carboxylic acid groups (broad SMARTS) is 1. The largest absolute Gasteiger partial charge is 0.479 e. The van der Waals surface area contributed by atoms with Gasteiger partial charge in [0, 0.05) is 6.54 Å². The first-order valence-corrected chi connectivity index (χ1v) is 8.82. The van der Waals surface area contributed by atoms with Gasteiger partial charge < -0.3 is 15.3 Å². The van der Waals surface area contributed by atoms with Gasteiger partial charge >= 0.3 is 5.97 Å². The maximum absolute atomic E-state index is 12.8. The van der Waals surface area contributed by atoms with Gasteiger partial charge in [-0.2, -0.15) is 0 Å². The molecule has 2 atom stereocenters. The number of carbonyl (C=O) groups excluding carboxylic acids is 2. The van der Waals surface area contributed by atoms with Gasteiger partial charge in [-0.15, -0.1) is 11.3 Å². The number of thiophene rings is 1. The van der Waals surface area contributed by atoms with E-state index in [4.69, 9.17) is 0 Å². The Labute approximate surface area is 149 Å². The molecule has 6 nitrogen and oxygen atoms in total. The summed E-state index contributed by atoms with van der Waals surface area (Å²) >= 11 is 1.29. The number of fused-ring (bicyclic) bond motifs is 1. The van der Waals surface area contributed by atoms with Crippen molar-refractivity contribution in [2.75, 3.05) is 6.54 Å². The Bertz CT molecular complexity index is 803. The summed E-state index contributed by atoms with van der Waals surface area (Å²) in [6, 6.07) is 8.85. The number of carboxylic acids is 1. The highest BCUT2D eigenvalue weighted by molar-refractivity contribution is 7.12. The van der Waals surface area contributed by atoms with Crippen molar-refractivity contribution in [3.05, 3.63) is 57.8 Å². The maximum atomic E-state index is 12.8. The summed E-state index contributed by atoms with van der Waals surface area (Å²) in [6.45, 7) is 1.89. The lowest BCUT2D eigenvalue weighted by Gasteiger charge is -2.36. The van der Waals surface area contributed by atoms with E-state index in [2.05, 4.69) is 5.32 Å². The molecule has 1 aromatic carbocycles. The van der Waals surface area contributed by atoms with Crippen LogP contribution in [0.15, 0.2) is 41.8 Å². The van der Waals surface area contributed by atoms with Crippen LogP contribution >= 0.6 is 11.3 Å². The lowest BCUT2D eigenvalue weighted by atomic mass is 9.92. The van der Waals surface area contributed by atoms with Crippen LogP contribution < -0.4 is 5.32 Å². The molecule has 2 unspecified atom stereocenters. The number of hydrogen-bond acceptors (Lipinski definition) is 4. The zero-order valence-electron chi connectivity index (χ0n) is 13.6. The minimum atomic E-state index is -1.07. The van der Waals surface area contributed by atoms with Gasteiger partial charge in [0.05, 0.1) is 4.88 Å². The highest BCUT2D eigenvalue weighted by Crippen LogP contribution is 2.30. The molecule has 1 aromatic heterocycles. The first kappa shape index (κ1) is 17.2. The monoisotopic (exact) mass is 358 g/mol. The van der Waals surface area contributed by atoms with Crippen LogP contribution in [-0.2, 0) is 16.0 Å². The fourth-order valence-electron chi connectivity index (χ4n) is 3.06. The number of benzene rings is 1. The van der Waals surface area contributed by atoms with Crippen LogP contribution in [0.3, 0.4) is 0 Å². The molecule has 0 bridgehead atoms. The number of hydrogen-bond donors (Lipinski definition) is 2. The Kier molecular flexibility index (Phi) is 4.85. The Balaban J connectivity index is 1.79. The third-order valence-electron chi connectivity index (χ3n) is 4.26. The Morgan fingerprint density at radius 2 is 2.00 bits per heavy atom. The quantitative estimate of drug-likeness (QED) is 0.876. The predicted octanol–water partition coefficient (Wildman–Crippen LogP) is 2.08. The van der Waals surface area contributed by atoms with Crippen LogP contribution in [0.25, 0.3) is 0 Å². The first-order chi connectivity index (χ1) is 12.0. The van der Waals surface area contributed by atoms with Crippen molar-refractivity contribution in [2.45, 2.75) is 25.4 Å². The van der Waals surface area contributed by atoms with E-state index in [1.54, 1.807) is 36.6 Å². The van der Waals surface area contributed by atoms with Crippen molar-refractivity contribution in [3.8, 4) is 0 Å². The maximum Gasteiger partial charge on any atom is 0.331 e. The van der Waals surface area contributed by atoms with E-state index in [1.807, 2.05) is 12.1 Å². The predicted molar refractivity (Wildman–Crippen MR) is 93.5 cm³/mol. The molecule has 25 heavy (non-hydrogen) atoms.